The van der Waals surface area contributed by atoms with E-state index in [-0.39, 0.29) is 6.54 Å². The molecule has 2 aromatic carbocycles. The van der Waals surface area contributed by atoms with Crippen molar-refractivity contribution in [2.75, 3.05) is 25.6 Å². The predicted molar refractivity (Wildman–Crippen MR) is 101 cm³/mol. The highest BCUT2D eigenvalue weighted by Crippen LogP contribution is 2.22. The third kappa shape index (κ3) is 6.80. The Morgan fingerprint density at radius 2 is 1.74 bits per heavy atom. The number of carbonyl (C=O) groups excluding carboxylic acids is 3. The van der Waals surface area contributed by atoms with Crippen molar-refractivity contribution in [3.05, 3.63) is 58.1 Å². The molecule has 0 aromatic heterocycles. The van der Waals surface area contributed by atoms with Crippen LogP contribution in [-0.2, 0) is 14.3 Å². The summed E-state index contributed by atoms with van der Waals surface area (Å²) in [6, 6.07) is 11.0. The zero-order valence-electron chi connectivity index (χ0n) is 14.3. The number of esters is 1. The van der Waals surface area contributed by atoms with E-state index in [1.54, 1.807) is 18.2 Å². The van der Waals surface area contributed by atoms with Crippen LogP contribution < -0.4 is 15.4 Å². The molecule has 2 N–H and O–H groups in total. The van der Waals surface area contributed by atoms with Crippen LogP contribution in [0, 0.1) is 0 Å². The first-order chi connectivity index (χ1) is 12.9. The lowest BCUT2D eigenvalue weighted by Gasteiger charge is -2.08. The Labute approximate surface area is 165 Å². The van der Waals surface area contributed by atoms with Gasteiger partial charge in [-0.25, -0.2) is 0 Å². The van der Waals surface area contributed by atoms with Gasteiger partial charge in [0.05, 0.1) is 7.11 Å². The second-order valence-corrected chi connectivity index (χ2v) is 6.15. The maximum absolute atomic E-state index is 12.0. The van der Waals surface area contributed by atoms with E-state index >= 15 is 0 Å². The van der Waals surface area contributed by atoms with Crippen LogP contribution in [0.15, 0.2) is 42.5 Å². The largest absolute Gasteiger partial charge is 0.497 e. The summed E-state index contributed by atoms with van der Waals surface area (Å²) in [6.45, 7) is -0.898. The topological polar surface area (TPSA) is 93.7 Å². The molecule has 0 fully saturated rings. The van der Waals surface area contributed by atoms with Gasteiger partial charge in [0.2, 0.25) is 0 Å². The average Bonchev–Trinajstić information content (AvgIpc) is 2.63. The number of ether oxygens (including phenoxy) is 2. The Bertz CT molecular complexity index is 837. The standard InChI is InChI=1S/C18H16Cl2N2O5/c1-26-15-4-2-3-11(5-15)18(25)21-9-17(24)27-10-16(23)22-14-7-12(19)6-13(20)8-14/h2-8H,9-10H2,1H3,(H,21,25)(H,22,23). The van der Waals surface area contributed by atoms with E-state index in [1.807, 2.05) is 0 Å². The minimum atomic E-state index is -0.759. The number of amides is 2. The molecule has 2 aromatic rings. The number of nitrogens with one attached hydrogen (secondary N) is 2. The van der Waals surface area contributed by atoms with Crippen molar-refractivity contribution in [1.29, 1.82) is 0 Å². The van der Waals surface area contributed by atoms with Gasteiger partial charge in [-0.15, -0.1) is 0 Å². The first-order valence-electron chi connectivity index (χ1n) is 7.71. The SMILES string of the molecule is COc1cccc(C(=O)NCC(=O)OCC(=O)Nc2cc(Cl)cc(Cl)c2)c1. The zero-order chi connectivity index (χ0) is 19.8. The summed E-state index contributed by atoms with van der Waals surface area (Å²) < 4.78 is 9.84. The Kier molecular flexibility index (Phi) is 7.45. The minimum Gasteiger partial charge on any atom is -0.497 e. The lowest BCUT2D eigenvalue weighted by molar-refractivity contribution is -0.146. The van der Waals surface area contributed by atoms with Gasteiger partial charge < -0.3 is 20.1 Å². The van der Waals surface area contributed by atoms with Gasteiger partial charge in [0.15, 0.2) is 6.61 Å². The van der Waals surface area contributed by atoms with Gasteiger partial charge in [0, 0.05) is 21.3 Å². The lowest BCUT2D eigenvalue weighted by atomic mass is 10.2. The van der Waals surface area contributed by atoms with E-state index in [0.29, 0.717) is 27.0 Å². The number of methoxy groups -OCH3 is 1. The van der Waals surface area contributed by atoms with Crippen LogP contribution in [0.1, 0.15) is 10.4 Å². The smallest absolute Gasteiger partial charge is 0.325 e. The molecule has 142 valence electrons. The third-order valence-electron chi connectivity index (χ3n) is 3.24. The quantitative estimate of drug-likeness (QED) is 0.684. The van der Waals surface area contributed by atoms with E-state index in [9.17, 15) is 14.4 Å². The molecule has 0 unspecified atom stereocenters. The van der Waals surface area contributed by atoms with E-state index in [4.69, 9.17) is 32.7 Å². The number of anilines is 1. The maximum Gasteiger partial charge on any atom is 0.325 e. The van der Waals surface area contributed by atoms with E-state index < -0.39 is 24.4 Å². The van der Waals surface area contributed by atoms with Gasteiger partial charge in [-0.3, -0.25) is 14.4 Å². The zero-order valence-corrected chi connectivity index (χ0v) is 15.8. The highest BCUT2D eigenvalue weighted by molar-refractivity contribution is 6.35. The average molecular weight is 411 g/mol. The summed E-state index contributed by atoms with van der Waals surface area (Å²) in [6.07, 6.45) is 0. The minimum absolute atomic E-state index is 0.331. The summed E-state index contributed by atoms with van der Waals surface area (Å²) in [5, 5.41) is 5.61. The molecule has 0 saturated heterocycles. The van der Waals surface area contributed by atoms with Crippen molar-refractivity contribution in [2.45, 2.75) is 0 Å². The number of hydrogen-bond donors (Lipinski definition) is 2. The van der Waals surface area contributed by atoms with Crippen LogP contribution >= 0.6 is 23.2 Å². The first-order valence-corrected chi connectivity index (χ1v) is 8.47. The lowest BCUT2D eigenvalue weighted by Crippen LogP contribution is -2.32. The fraction of sp³-hybridized carbons (Fsp3) is 0.167. The Morgan fingerprint density at radius 3 is 2.41 bits per heavy atom. The predicted octanol–water partition coefficient (Wildman–Crippen LogP) is 2.91. The molecule has 0 atom stereocenters. The van der Waals surface area contributed by atoms with Gasteiger partial charge in [0.25, 0.3) is 11.8 Å². The van der Waals surface area contributed by atoms with Gasteiger partial charge in [-0.05, 0) is 36.4 Å². The molecule has 0 saturated carbocycles. The van der Waals surface area contributed by atoms with Gasteiger partial charge >= 0.3 is 5.97 Å². The van der Waals surface area contributed by atoms with Gasteiger partial charge in [0.1, 0.15) is 12.3 Å². The molecule has 0 aliphatic rings. The Morgan fingerprint density at radius 1 is 1.04 bits per heavy atom. The van der Waals surface area contributed by atoms with Crippen LogP contribution in [0.4, 0.5) is 5.69 Å². The monoisotopic (exact) mass is 410 g/mol. The molecule has 2 rings (SSSR count). The maximum atomic E-state index is 12.0. The number of carbonyl (C=O) groups is 3. The van der Waals surface area contributed by atoms with Crippen molar-refractivity contribution in [1.82, 2.24) is 5.32 Å². The van der Waals surface area contributed by atoms with Gasteiger partial charge in [-0.2, -0.15) is 0 Å². The van der Waals surface area contributed by atoms with Crippen molar-refractivity contribution in [3.63, 3.8) is 0 Å². The highest BCUT2D eigenvalue weighted by atomic mass is 35.5. The van der Waals surface area contributed by atoms with Crippen molar-refractivity contribution in [2.24, 2.45) is 0 Å². The molecule has 7 nitrogen and oxygen atoms in total. The molecule has 0 spiro atoms. The van der Waals surface area contributed by atoms with E-state index in [1.165, 1.54) is 31.4 Å². The first kappa shape index (κ1) is 20.5. The molecule has 0 radical (unpaired) electrons. The molecule has 0 aliphatic heterocycles. The summed E-state index contributed by atoms with van der Waals surface area (Å²) >= 11 is 11.7. The summed E-state index contributed by atoms with van der Waals surface area (Å²) in [5.41, 5.74) is 0.706. The highest BCUT2D eigenvalue weighted by Gasteiger charge is 2.12. The van der Waals surface area contributed by atoms with E-state index in [0.717, 1.165) is 0 Å². The fourth-order valence-electron chi connectivity index (χ4n) is 2.04. The van der Waals surface area contributed by atoms with Crippen LogP contribution in [0.25, 0.3) is 0 Å². The molecular weight excluding hydrogens is 395 g/mol. The number of hydrogen-bond acceptors (Lipinski definition) is 5. The third-order valence-corrected chi connectivity index (χ3v) is 3.67. The second kappa shape index (κ2) is 9.80. The van der Waals surface area contributed by atoms with Crippen LogP contribution in [0.3, 0.4) is 0 Å². The molecule has 27 heavy (non-hydrogen) atoms. The van der Waals surface area contributed by atoms with E-state index in [2.05, 4.69) is 10.6 Å². The Balaban J connectivity index is 1.76. The molecule has 2 amide bonds. The van der Waals surface area contributed by atoms with Crippen molar-refractivity contribution >= 4 is 46.7 Å². The molecule has 0 bridgehead atoms. The number of benzene rings is 2. The number of rotatable bonds is 7. The Hall–Kier alpha value is -2.77. The summed E-state index contributed by atoms with van der Waals surface area (Å²) in [5.74, 6) is -1.28. The number of halogens is 2. The molecule has 9 heteroatoms. The van der Waals surface area contributed by atoms with Crippen LogP contribution in [0.5, 0.6) is 5.75 Å². The van der Waals surface area contributed by atoms with Gasteiger partial charge in [-0.1, -0.05) is 29.3 Å². The molecule has 0 aliphatic carbocycles. The van der Waals surface area contributed by atoms with Crippen molar-refractivity contribution < 1.29 is 23.9 Å². The molecular formula is C18H16Cl2N2O5. The van der Waals surface area contributed by atoms with Crippen molar-refractivity contribution in [3.8, 4) is 5.75 Å². The fourth-order valence-corrected chi connectivity index (χ4v) is 2.57. The summed E-state index contributed by atoms with van der Waals surface area (Å²) in [7, 11) is 1.48. The summed E-state index contributed by atoms with van der Waals surface area (Å²) in [4.78, 5) is 35.5. The van der Waals surface area contributed by atoms with Crippen LogP contribution in [0.2, 0.25) is 10.0 Å². The normalized spacial score (nSPS) is 10.0. The molecule has 0 heterocycles. The van der Waals surface area contributed by atoms with Crippen LogP contribution in [-0.4, -0.2) is 38.0 Å². The second-order valence-electron chi connectivity index (χ2n) is 5.28.